The molecular weight excluding hydrogens is 282 g/mol. The highest BCUT2D eigenvalue weighted by Crippen LogP contribution is 2.12. The maximum atomic E-state index is 11.8. The molecule has 0 unspecified atom stereocenters. The summed E-state index contributed by atoms with van der Waals surface area (Å²) in [6, 6.07) is 5.73. The van der Waals surface area contributed by atoms with Gasteiger partial charge in [0.2, 0.25) is 10.0 Å². The van der Waals surface area contributed by atoms with Crippen molar-refractivity contribution >= 4 is 16.0 Å². The molecule has 0 aliphatic rings. The zero-order chi connectivity index (χ0) is 15.0. The average Bonchev–Trinajstić information content (AvgIpc) is 2.43. The molecule has 0 fully saturated rings. The summed E-state index contributed by atoms with van der Waals surface area (Å²) in [6.45, 7) is 4.81. The van der Waals surface area contributed by atoms with Gasteiger partial charge in [-0.15, -0.1) is 0 Å². The lowest BCUT2D eigenvalue weighted by Crippen LogP contribution is -2.23. The largest absolute Gasteiger partial charge is 0.460 e. The number of benzene rings is 1. The fourth-order valence-electron chi connectivity index (χ4n) is 1.48. The van der Waals surface area contributed by atoms with Crippen molar-refractivity contribution < 1.29 is 22.7 Å². The summed E-state index contributed by atoms with van der Waals surface area (Å²) < 4.78 is 36.0. The van der Waals surface area contributed by atoms with E-state index < -0.39 is 16.0 Å². The molecule has 1 rings (SSSR count). The molecule has 0 radical (unpaired) electrons. The first-order valence-corrected chi connectivity index (χ1v) is 7.84. The lowest BCUT2D eigenvalue weighted by Gasteiger charge is -2.07. The maximum Gasteiger partial charge on any atom is 0.338 e. The van der Waals surface area contributed by atoms with Crippen LogP contribution in [0.25, 0.3) is 0 Å². The number of sulfonamides is 1. The zero-order valence-corrected chi connectivity index (χ0v) is 12.4. The molecule has 0 bridgehead atoms. The number of rotatable bonds is 8. The molecule has 6 nitrogen and oxygen atoms in total. The molecule has 0 amide bonds. The van der Waals surface area contributed by atoms with Gasteiger partial charge in [-0.05, 0) is 25.1 Å². The van der Waals surface area contributed by atoms with Gasteiger partial charge < -0.3 is 9.47 Å². The molecule has 0 saturated heterocycles. The van der Waals surface area contributed by atoms with Gasteiger partial charge in [0, 0.05) is 13.2 Å². The van der Waals surface area contributed by atoms with Crippen molar-refractivity contribution in [2.24, 2.45) is 0 Å². The van der Waals surface area contributed by atoms with E-state index in [-0.39, 0.29) is 23.6 Å². The molecule has 0 aliphatic heterocycles. The average molecular weight is 301 g/mol. The summed E-state index contributed by atoms with van der Waals surface area (Å²) in [6.07, 6.45) is 0. The molecule has 7 heteroatoms. The summed E-state index contributed by atoms with van der Waals surface area (Å²) in [4.78, 5) is 11.8. The van der Waals surface area contributed by atoms with Crippen LogP contribution in [0.2, 0.25) is 0 Å². The zero-order valence-electron chi connectivity index (χ0n) is 11.6. The minimum atomic E-state index is -3.58. The van der Waals surface area contributed by atoms with Crippen molar-refractivity contribution in [3.05, 3.63) is 29.8 Å². The van der Waals surface area contributed by atoms with Crippen LogP contribution in [0.1, 0.15) is 24.2 Å². The summed E-state index contributed by atoms with van der Waals surface area (Å²) >= 11 is 0. The Balaban J connectivity index is 2.75. The van der Waals surface area contributed by atoms with E-state index in [9.17, 15) is 13.2 Å². The van der Waals surface area contributed by atoms with Gasteiger partial charge in [0.25, 0.3) is 0 Å². The summed E-state index contributed by atoms with van der Waals surface area (Å²) in [5, 5.41) is 0. The predicted octanol–water partition coefficient (Wildman–Crippen LogP) is 1.18. The molecule has 0 heterocycles. The molecule has 0 spiro atoms. The highest BCUT2D eigenvalue weighted by molar-refractivity contribution is 7.89. The third kappa shape index (κ3) is 4.92. The Labute approximate surface area is 119 Å². The Morgan fingerprint density at radius 1 is 1.25 bits per heavy atom. The standard InChI is InChI=1S/C13H19NO5S/c1-3-14-20(16,17)12-7-5-6-11(10-12)13(15)19-9-8-18-4-2/h5-7,10,14H,3-4,8-9H2,1-2H3. The molecule has 0 aromatic heterocycles. The first-order chi connectivity index (χ1) is 9.51. The number of ether oxygens (including phenoxy) is 2. The fraction of sp³-hybridized carbons (Fsp3) is 0.462. The lowest BCUT2D eigenvalue weighted by molar-refractivity contribution is 0.0335. The normalized spacial score (nSPS) is 11.3. The van der Waals surface area contributed by atoms with Crippen molar-refractivity contribution in [3.8, 4) is 0 Å². The highest BCUT2D eigenvalue weighted by Gasteiger charge is 2.15. The van der Waals surface area contributed by atoms with Gasteiger partial charge in [-0.1, -0.05) is 13.0 Å². The molecule has 0 saturated carbocycles. The molecular formula is C13H19NO5S. The fourth-order valence-corrected chi connectivity index (χ4v) is 2.57. The highest BCUT2D eigenvalue weighted by atomic mass is 32.2. The minimum absolute atomic E-state index is 0.0404. The Bertz CT molecular complexity index is 541. The van der Waals surface area contributed by atoms with Crippen LogP contribution in [0.3, 0.4) is 0 Å². The maximum absolute atomic E-state index is 11.8. The Morgan fingerprint density at radius 2 is 2.00 bits per heavy atom. The van der Waals surface area contributed by atoms with Crippen LogP contribution < -0.4 is 4.72 Å². The van der Waals surface area contributed by atoms with Crippen LogP contribution >= 0.6 is 0 Å². The van der Waals surface area contributed by atoms with E-state index in [1.54, 1.807) is 6.92 Å². The first kappa shape index (κ1) is 16.6. The van der Waals surface area contributed by atoms with Crippen LogP contribution in [0.5, 0.6) is 0 Å². The van der Waals surface area contributed by atoms with Crippen LogP contribution in [0, 0.1) is 0 Å². The smallest absolute Gasteiger partial charge is 0.338 e. The van der Waals surface area contributed by atoms with E-state index in [0.717, 1.165) is 0 Å². The van der Waals surface area contributed by atoms with Gasteiger partial charge in [0.1, 0.15) is 6.61 Å². The van der Waals surface area contributed by atoms with Crippen molar-refractivity contribution in [3.63, 3.8) is 0 Å². The van der Waals surface area contributed by atoms with Crippen LogP contribution in [0.4, 0.5) is 0 Å². The molecule has 20 heavy (non-hydrogen) atoms. The topological polar surface area (TPSA) is 81.7 Å². The number of carbonyl (C=O) groups excluding carboxylic acids is 1. The SMILES string of the molecule is CCNS(=O)(=O)c1cccc(C(=O)OCCOCC)c1. The van der Waals surface area contributed by atoms with Gasteiger partial charge in [-0.3, -0.25) is 0 Å². The second kappa shape index (κ2) is 7.98. The summed E-state index contributed by atoms with van der Waals surface area (Å²) in [5.41, 5.74) is 0.195. The van der Waals surface area contributed by atoms with Gasteiger partial charge >= 0.3 is 5.97 Å². The van der Waals surface area contributed by atoms with Gasteiger partial charge in [0.05, 0.1) is 17.1 Å². The third-order valence-electron chi connectivity index (χ3n) is 2.38. The third-order valence-corrected chi connectivity index (χ3v) is 3.92. The van der Waals surface area contributed by atoms with E-state index in [4.69, 9.17) is 9.47 Å². The van der Waals surface area contributed by atoms with Crippen molar-refractivity contribution in [1.82, 2.24) is 4.72 Å². The summed E-state index contributed by atoms with van der Waals surface area (Å²) in [5.74, 6) is -0.571. The number of carbonyl (C=O) groups is 1. The van der Waals surface area contributed by atoms with E-state index in [0.29, 0.717) is 13.2 Å². The molecule has 0 aliphatic carbocycles. The number of esters is 1. The molecule has 0 atom stereocenters. The summed E-state index contributed by atoms with van der Waals surface area (Å²) in [7, 11) is -3.58. The Kier molecular flexibility index (Phi) is 6.63. The molecule has 1 aromatic rings. The van der Waals surface area contributed by atoms with E-state index in [2.05, 4.69) is 4.72 Å². The second-order valence-electron chi connectivity index (χ2n) is 3.86. The van der Waals surface area contributed by atoms with Gasteiger partial charge in [-0.25, -0.2) is 17.9 Å². The Hall–Kier alpha value is -1.44. The van der Waals surface area contributed by atoms with Crippen LogP contribution in [-0.2, 0) is 19.5 Å². The van der Waals surface area contributed by atoms with E-state index in [1.807, 2.05) is 6.92 Å². The lowest BCUT2D eigenvalue weighted by atomic mass is 10.2. The van der Waals surface area contributed by atoms with Crippen molar-refractivity contribution in [2.45, 2.75) is 18.7 Å². The first-order valence-electron chi connectivity index (χ1n) is 6.35. The quantitative estimate of drug-likeness (QED) is 0.576. The minimum Gasteiger partial charge on any atom is -0.460 e. The Morgan fingerprint density at radius 3 is 2.65 bits per heavy atom. The van der Waals surface area contributed by atoms with Crippen molar-refractivity contribution in [1.29, 1.82) is 0 Å². The van der Waals surface area contributed by atoms with Crippen LogP contribution in [0.15, 0.2) is 29.2 Å². The molecule has 112 valence electrons. The van der Waals surface area contributed by atoms with Gasteiger partial charge in [0.15, 0.2) is 0 Å². The van der Waals surface area contributed by atoms with E-state index >= 15 is 0 Å². The number of nitrogens with one attached hydrogen (secondary N) is 1. The van der Waals surface area contributed by atoms with Gasteiger partial charge in [-0.2, -0.15) is 0 Å². The molecule has 1 N–H and O–H groups in total. The van der Waals surface area contributed by atoms with E-state index in [1.165, 1.54) is 24.3 Å². The van der Waals surface area contributed by atoms with Crippen LogP contribution in [-0.4, -0.2) is 40.8 Å². The number of hydrogen-bond acceptors (Lipinski definition) is 5. The molecule has 1 aromatic carbocycles. The number of hydrogen-bond donors (Lipinski definition) is 1. The van der Waals surface area contributed by atoms with Crippen molar-refractivity contribution in [2.75, 3.05) is 26.4 Å². The predicted molar refractivity (Wildman–Crippen MR) is 74.1 cm³/mol. The second-order valence-corrected chi connectivity index (χ2v) is 5.63. The monoisotopic (exact) mass is 301 g/mol.